The highest BCUT2D eigenvalue weighted by Crippen LogP contribution is 2.25. The van der Waals surface area contributed by atoms with Gasteiger partial charge in [0.15, 0.2) is 0 Å². The van der Waals surface area contributed by atoms with Gasteiger partial charge in [0.05, 0.1) is 12.6 Å². The molecule has 0 aromatic heterocycles. The maximum absolute atomic E-state index is 9.66. The lowest BCUT2D eigenvalue weighted by atomic mass is 10.1. The van der Waals surface area contributed by atoms with Crippen molar-refractivity contribution < 1.29 is 5.11 Å². The molecule has 1 aliphatic heterocycles. The second-order valence-corrected chi connectivity index (χ2v) is 5.44. The van der Waals surface area contributed by atoms with Crippen LogP contribution in [0.15, 0.2) is 18.2 Å². The fraction of sp³-hybridized carbons (Fsp3) is 0.600. The van der Waals surface area contributed by atoms with E-state index >= 15 is 0 Å². The van der Waals surface area contributed by atoms with E-state index in [-0.39, 0.29) is 12.6 Å². The molecule has 0 radical (unpaired) electrons. The zero-order chi connectivity index (χ0) is 13.1. The Balaban J connectivity index is 2.31. The molecule has 1 aromatic carbocycles. The Morgan fingerprint density at radius 1 is 1.28 bits per heavy atom. The first-order valence-corrected chi connectivity index (χ1v) is 6.75. The topological polar surface area (TPSA) is 26.7 Å². The third-order valence-corrected chi connectivity index (χ3v) is 3.79. The van der Waals surface area contributed by atoms with Crippen molar-refractivity contribution in [1.82, 2.24) is 4.90 Å². The fourth-order valence-corrected chi connectivity index (χ4v) is 2.75. The molecule has 3 heteroatoms. The van der Waals surface area contributed by atoms with E-state index in [0.29, 0.717) is 0 Å². The minimum Gasteiger partial charge on any atom is -0.394 e. The summed E-state index contributed by atoms with van der Waals surface area (Å²) in [4.78, 5) is 4.69. The number of anilines is 1. The largest absolute Gasteiger partial charge is 0.394 e. The monoisotopic (exact) mass is 248 g/mol. The van der Waals surface area contributed by atoms with Crippen LogP contribution < -0.4 is 4.90 Å². The lowest BCUT2D eigenvalue weighted by molar-refractivity contribution is 0.229. The Kier molecular flexibility index (Phi) is 4.25. The molecule has 1 N–H and O–H groups in total. The molecule has 1 heterocycles. The van der Waals surface area contributed by atoms with Crippen molar-refractivity contribution in [1.29, 1.82) is 0 Å². The molecule has 0 saturated carbocycles. The van der Waals surface area contributed by atoms with Crippen LogP contribution in [0.3, 0.4) is 0 Å². The highest BCUT2D eigenvalue weighted by atomic mass is 16.3. The molecule has 0 bridgehead atoms. The van der Waals surface area contributed by atoms with Gasteiger partial charge in [-0.15, -0.1) is 0 Å². The van der Waals surface area contributed by atoms with E-state index in [0.717, 1.165) is 26.1 Å². The minimum atomic E-state index is 0.206. The lowest BCUT2D eigenvalue weighted by Gasteiger charge is -2.33. The van der Waals surface area contributed by atoms with Crippen molar-refractivity contribution >= 4 is 5.69 Å². The number of hydrogen-bond donors (Lipinski definition) is 1. The zero-order valence-electron chi connectivity index (χ0n) is 11.7. The van der Waals surface area contributed by atoms with E-state index in [1.165, 1.54) is 16.8 Å². The van der Waals surface area contributed by atoms with Crippen molar-refractivity contribution in [3.8, 4) is 0 Å². The lowest BCUT2D eigenvalue weighted by Crippen LogP contribution is -2.43. The maximum atomic E-state index is 9.66. The summed E-state index contributed by atoms with van der Waals surface area (Å²) in [5, 5.41) is 9.66. The molecule has 18 heavy (non-hydrogen) atoms. The third kappa shape index (κ3) is 2.85. The summed E-state index contributed by atoms with van der Waals surface area (Å²) in [5.74, 6) is 0. The van der Waals surface area contributed by atoms with E-state index in [9.17, 15) is 5.11 Å². The molecule has 1 aliphatic rings. The first-order chi connectivity index (χ1) is 8.61. The number of likely N-dealkylation sites (N-methyl/N-ethyl adjacent to an activating group) is 1. The molecule has 1 aromatic rings. The number of aryl methyl sites for hydroxylation is 2. The van der Waals surface area contributed by atoms with Crippen LogP contribution in [-0.2, 0) is 0 Å². The average Bonchev–Trinajstić information content (AvgIpc) is 2.53. The van der Waals surface area contributed by atoms with Gasteiger partial charge in [-0.2, -0.15) is 0 Å². The van der Waals surface area contributed by atoms with Crippen LogP contribution in [0.5, 0.6) is 0 Å². The van der Waals surface area contributed by atoms with Crippen LogP contribution in [0.4, 0.5) is 5.69 Å². The molecule has 0 spiro atoms. The van der Waals surface area contributed by atoms with Gasteiger partial charge in [-0.3, -0.25) is 0 Å². The van der Waals surface area contributed by atoms with Gasteiger partial charge in [0.1, 0.15) is 0 Å². The Bertz CT molecular complexity index is 405. The van der Waals surface area contributed by atoms with Crippen LogP contribution >= 0.6 is 0 Å². The van der Waals surface area contributed by atoms with Crippen molar-refractivity contribution in [2.24, 2.45) is 0 Å². The predicted octanol–water partition coefficient (Wildman–Crippen LogP) is 1.81. The van der Waals surface area contributed by atoms with Crippen LogP contribution in [-0.4, -0.2) is 49.3 Å². The van der Waals surface area contributed by atoms with Gasteiger partial charge >= 0.3 is 0 Å². The Labute approximate surface area is 110 Å². The molecule has 1 unspecified atom stereocenters. The van der Waals surface area contributed by atoms with Gasteiger partial charge < -0.3 is 14.9 Å². The molecule has 0 amide bonds. The van der Waals surface area contributed by atoms with Crippen LogP contribution in [0.25, 0.3) is 0 Å². The summed E-state index contributed by atoms with van der Waals surface area (Å²) in [6.45, 7) is 7.57. The van der Waals surface area contributed by atoms with Gasteiger partial charge in [-0.1, -0.05) is 12.1 Å². The molecule has 0 aliphatic carbocycles. The van der Waals surface area contributed by atoms with Gasteiger partial charge in [0, 0.05) is 18.8 Å². The average molecular weight is 248 g/mol. The van der Waals surface area contributed by atoms with Crippen molar-refractivity contribution in [3.63, 3.8) is 0 Å². The molecule has 1 saturated heterocycles. The fourth-order valence-electron chi connectivity index (χ4n) is 2.75. The number of hydrogen-bond acceptors (Lipinski definition) is 3. The van der Waals surface area contributed by atoms with E-state index in [1.54, 1.807) is 0 Å². The summed E-state index contributed by atoms with van der Waals surface area (Å²) in [6.07, 6.45) is 1.15. The molecule has 3 nitrogen and oxygen atoms in total. The highest BCUT2D eigenvalue weighted by molar-refractivity contribution is 5.56. The quantitative estimate of drug-likeness (QED) is 0.864. The Morgan fingerprint density at radius 3 is 2.78 bits per heavy atom. The smallest absolute Gasteiger partial charge is 0.0647 e. The second kappa shape index (κ2) is 5.72. The number of benzene rings is 1. The Morgan fingerprint density at radius 2 is 2.06 bits per heavy atom. The number of aliphatic hydroxyl groups excluding tert-OH is 1. The van der Waals surface area contributed by atoms with E-state index in [4.69, 9.17) is 0 Å². The summed E-state index contributed by atoms with van der Waals surface area (Å²) < 4.78 is 0. The molecular formula is C15H24N2O. The summed E-state index contributed by atoms with van der Waals surface area (Å²) in [6, 6.07) is 6.77. The van der Waals surface area contributed by atoms with Crippen molar-refractivity contribution in [2.75, 3.05) is 38.2 Å². The van der Waals surface area contributed by atoms with Gasteiger partial charge in [0.25, 0.3) is 0 Å². The van der Waals surface area contributed by atoms with Crippen molar-refractivity contribution in [2.45, 2.75) is 26.3 Å². The van der Waals surface area contributed by atoms with Gasteiger partial charge in [-0.25, -0.2) is 0 Å². The van der Waals surface area contributed by atoms with Gasteiger partial charge in [0.2, 0.25) is 0 Å². The van der Waals surface area contributed by atoms with Crippen LogP contribution in [0.1, 0.15) is 17.5 Å². The standard InChI is InChI=1S/C15H24N2O/c1-12-5-6-13(2)15(9-12)17-8-4-7-16(3)10-14(17)11-18/h5-6,9,14,18H,4,7-8,10-11H2,1-3H3. The van der Waals surface area contributed by atoms with E-state index in [1.807, 2.05) is 0 Å². The van der Waals surface area contributed by atoms with E-state index in [2.05, 4.69) is 48.9 Å². The maximum Gasteiger partial charge on any atom is 0.0647 e. The molecule has 2 rings (SSSR count). The van der Waals surface area contributed by atoms with Gasteiger partial charge in [-0.05, 0) is 51.1 Å². The third-order valence-electron chi connectivity index (χ3n) is 3.79. The summed E-state index contributed by atoms with van der Waals surface area (Å²) in [5.41, 5.74) is 3.86. The van der Waals surface area contributed by atoms with E-state index < -0.39 is 0 Å². The molecule has 1 fully saturated rings. The zero-order valence-corrected chi connectivity index (χ0v) is 11.7. The minimum absolute atomic E-state index is 0.206. The second-order valence-electron chi connectivity index (χ2n) is 5.44. The predicted molar refractivity (Wildman–Crippen MR) is 76.2 cm³/mol. The van der Waals surface area contributed by atoms with Crippen molar-refractivity contribution in [3.05, 3.63) is 29.3 Å². The SMILES string of the molecule is Cc1ccc(C)c(N2CCCN(C)CC2CO)c1. The molecule has 1 atom stereocenters. The number of rotatable bonds is 2. The first kappa shape index (κ1) is 13.4. The summed E-state index contributed by atoms with van der Waals surface area (Å²) >= 11 is 0. The Hall–Kier alpha value is -1.06. The summed E-state index contributed by atoms with van der Waals surface area (Å²) in [7, 11) is 2.13. The first-order valence-electron chi connectivity index (χ1n) is 6.75. The van der Waals surface area contributed by atoms with Crippen LogP contribution in [0, 0.1) is 13.8 Å². The van der Waals surface area contributed by atoms with Crippen LogP contribution in [0.2, 0.25) is 0 Å². The number of nitrogens with zero attached hydrogens (tertiary/aromatic N) is 2. The number of aliphatic hydroxyl groups is 1. The molecular weight excluding hydrogens is 224 g/mol. The highest BCUT2D eigenvalue weighted by Gasteiger charge is 2.23. The normalized spacial score (nSPS) is 22.0. The molecule has 100 valence electrons.